The molecular formula is C18H20N2O5S. The minimum absolute atomic E-state index is 0.0175. The lowest BCUT2D eigenvalue weighted by Gasteiger charge is -2.30. The molecule has 3 rings (SSSR count). The summed E-state index contributed by atoms with van der Waals surface area (Å²) in [6.07, 6.45) is 0. The Morgan fingerprint density at radius 1 is 1.15 bits per heavy atom. The zero-order valence-electron chi connectivity index (χ0n) is 14.3. The zero-order valence-corrected chi connectivity index (χ0v) is 15.1. The van der Waals surface area contributed by atoms with Gasteiger partial charge in [0.15, 0.2) is 0 Å². The fraction of sp³-hybridized carbons (Fsp3) is 0.278. The Hall–Kier alpha value is -2.58. The predicted octanol–water partition coefficient (Wildman–Crippen LogP) is 2.33. The summed E-state index contributed by atoms with van der Waals surface area (Å²) >= 11 is 0. The highest BCUT2D eigenvalue weighted by Crippen LogP contribution is 2.30. The zero-order chi connectivity index (χ0) is 18.7. The van der Waals surface area contributed by atoms with E-state index in [-0.39, 0.29) is 16.1 Å². The lowest BCUT2D eigenvalue weighted by Crippen LogP contribution is -2.36. The molecule has 2 aromatic rings. The molecule has 7 nitrogen and oxygen atoms in total. The van der Waals surface area contributed by atoms with Crippen molar-refractivity contribution < 1.29 is 23.1 Å². The van der Waals surface area contributed by atoms with Gasteiger partial charge in [0.25, 0.3) is 10.0 Å². The summed E-state index contributed by atoms with van der Waals surface area (Å²) in [5, 5.41) is 9.25. The third-order valence-corrected chi connectivity index (χ3v) is 5.50. The van der Waals surface area contributed by atoms with Gasteiger partial charge in [-0.2, -0.15) is 0 Å². The van der Waals surface area contributed by atoms with Gasteiger partial charge in [-0.1, -0.05) is 12.1 Å². The number of carboxylic acid groups (broad SMARTS) is 1. The molecule has 26 heavy (non-hydrogen) atoms. The van der Waals surface area contributed by atoms with Gasteiger partial charge >= 0.3 is 5.97 Å². The fourth-order valence-corrected chi connectivity index (χ4v) is 3.99. The van der Waals surface area contributed by atoms with Crippen LogP contribution in [0.5, 0.6) is 0 Å². The topological polar surface area (TPSA) is 95.9 Å². The van der Waals surface area contributed by atoms with Gasteiger partial charge in [0, 0.05) is 13.1 Å². The molecule has 1 aliphatic heterocycles. The number of aryl methyl sites for hydroxylation is 1. The molecule has 1 heterocycles. The molecule has 0 aromatic heterocycles. The standard InChI is InChI=1S/C18H20N2O5S/c1-13-3-2-4-15(11-13)26(23,24)19-16-12-14(18(21)22)5-6-17(16)20-7-9-25-10-8-20/h2-6,11-12,19H,7-10H2,1H3,(H,21,22). The molecule has 1 aliphatic rings. The number of hydrogen-bond acceptors (Lipinski definition) is 5. The van der Waals surface area contributed by atoms with E-state index in [2.05, 4.69) is 4.72 Å². The van der Waals surface area contributed by atoms with Crippen molar-refractivity contribution in [3.05, 3.63) is 53.6 Å². The summed E-state index contributed by atoms with van der Waals surface area (Å²) in [4.78, 5) is 13.4. The van der Waals surface area contributed by atoms with Gasteiger partial charge in [-0.25, -0.2) is 13.2 Å². The van der Waals surface area contributed by atoms with E-state index in [0.717, 1.165) is 5.56 Å². The van der Waals surface area contributed by atoms with Gasteiger partial charge in [-0.05, 0) is 42.8 Å². The third-order valence-electron chi connectivity index (χ3n) is 4.14. The molecule has 2 N–H and O–H groups in total. The average molecular weight is 376 g/mol. The molecule has 0 bridgehead atoms. The minimum atomic E-state index is -3.84. The summed E-state index contributed by atoms with van der Waals surface area (Å²) in [6.45, 7) is 4.08. The second-order valence-electron chi connectivity index (χ2n) is 6.06. The van der Waals surface area contributed by atoms with E-state index in [1.54, 1.807) is 18.2 Å². The Bertz CT molecular complexity index is 921. The maximum atomic E-state index is 12.8. The number of ether oxygens (including phenoxy) is 1. The highest BCUT2D eigenvalue weighted by Gasteiger charge is 2.21. The smallest absolute Gasteiger partial charge is 0.335 e. The van der Waals surface area contributed by atoms with Crippen LogP contribution < -0.4 is 9.62 Å². The van der Waals surface area contributed by atoms with E-state index < -0.39 is 16.0 Å². The minimum Gasteiger partial charge on any atom is -0.478 e. The van der Waals surface area contributed by atoms with Crippen molar-refractivity contribution in [1.29, 1.82) is 0 Å². The molecule has 1 fully saturated rings. The van der Waals surface area contributed by atoms with Crippen molar-refractivity contribution in [2.24, 2.45) is 0 Å². The second kappa shape index (κ2) is 7.35. The Balaban J connectivity index is 2.01. The van der Waals surface area contributed by atoms with Gasteiger partial charge in [0.05, 0.1) is 35.0 Å². The number of rotatable bonds is 5. The number of anilines is 2. The van der Waals surface area contributed by atoms with E-state index >= 15 is 0 Å². The number of carboxylic acids is 1. The van der Waals surface area contributed by atoms with Gasteiger partial charge in [0.2, 0.25) is 0 Å². The van der Waals surface area contributed by atoms with Gasteiger partial charge in [0.1, 0.15) is 0 Å². The molecule has 0 amide bonds. The number of nitrogens with one attached hydrogen (secondary N) is 1. The normalized spacial score (nSPS) is 14.9. The van der Waals surface area contributed by atoms with Crippen LogP contribution in [0.2, 0.25) is 0 Å². The number of hydrogen-bond donors (Lipinski definition) is 2. The van der Waals surface area contributed by atoms with Crippen molar-refractivity contribution in [3.63, 3.8) is 0 Å². The number of nitrogens with zero attached hydrogens (tertiary/aromatic N) is 1. The quantitative estimate of drug-likeness (QED) is 0.831. The Kier molecular flexibility index (Phi) is 5.15. The van der Waals surface area contributed by atoms with Crippen LogP contribution in [0.4, 0.5) is 11.4 Å². The van der Waals surface area contributed by atoms with Crippen molar-refractivity contribution in [2.45, 2.75) is 11.8 Å². The predicted molar refractivity (Wildman–Crippen MR) is 98.4 cm³/mol. The highest BCUT2D eigenvalue weighted by atomic mass is 32.2. The molecule has 0 spiro atoms. The van der Waals surface area contributed by atoms with Crippen LogP contribution in [0.1, 0.15) is 15.9 Å². The lowest BCUT2D eigenvalue weighted by atomic mass is 10.1. The SMILES string of the molecule is Cc1cccc(S(=O)(=O)Nc2cc(C(=O)O)ccc2N2CCOCC2)c1. The summed E-state index contributed by atoms with van der Waals surface area (Å²) in [5.41, 5.74) is 1.72. The number of carbonyl (C=O) groups is 1. The Labute approximate surface area is 152 Å². The molecule has 0 radical (unpaired) electrons. The second-order valence-corrected chi connectivity index (χ2v) is 7.74. The van der Waals surface area contributed by atoms with Gasteiger partial charge in [-0.15, -0.1) is 0 Å². The monoisotopic (exact) mass is 376 g/mol. The largest absolute Gasteiger partial charge is 0.478 e. The number of sulfonamides is 1. The van der Waals surface area contributed by atoms with Crippen LogP contribution in [-0.2, 0) is 14.8 Å². The molecule has 0 unspecified atom stereocenters. The summed E-state index contributed by atoms with van der Waals surface area (Å²) in [7, 11) is -3.84. The molecule has 138 valence electrons. The first-order chi connectivity index (χ1) is 12.4. The van der Waals surface area contributed by atoms with Gasteiger partial charge in [-0.3, -0.25) is 4.72 Å². The molecule has 0 atom stereocenters. The molecule has 1 saturated heterocycles. The van der Waals surface area contributed by atoms with E-state index in [9.17, 15) is 18.3 Å². The number of benzene rings is 2. The van der Waals surface area contributed by atoms with Crippen LogP contribution in [0, 0.1) is 6.92 Å². The molecular weight excluding hydrogens is 356 g/mol. The van der Waals surface area contributed by atoms with Crippen LogP contribution in [0.25, 0.3) is 0 Å². The van der Waals surface area contributed by atoms with Crippen LogP contribution in [0.15, 0.2) is 47.4 Å². The summed E-state index contributed by atoms with van der Waals surface area (Å²) in [5.74, 6) is -1.12. The first-order valence-electron chi connectivity index (χ1n) is 8.16. The summed E-state index contributed by atoms with van der Waals surface area (Å²) < 4.78 is 33.4. The first kappa shape index (κ1) is 18.2. The van der Waals surface area contributed by atoms with Gasteiger partial charge < -0.3 is 14.7 Å². The van der Waals surface area contributed by atoms with Crippen LogP contribution in [0.3, 0.4) is 0 Å². The van der Waals surface area contributed by atoms with Crippen molar-refractivity contribution in [1.82, 2.24) is 0 Å². The number of aromatic carboxylic acids is 1. The van der Waals surface area contributed by atoms with E-state index in [1.807, 2.05) is 17.9 Å². The van der Waals surface area contributed by atoms with E-state index in [1.165, 1.54) is 18.2 Å². The van der Waals surface area contributed by atoms with E-state index in [0.29, 0.717) is 32.0 Å². The van der Waals surface area contributed by atoms with Crippen molar-refractivity contribution in [3.8, 4) is 0 Å². The molecule has 0 aliphatic carbocycles. The first-order valence-corrected chi connectivity index (χ1v) is 9.65. The van der Waals surface area contributed by atoms with E-state index in [4.69, 9.17) is 4.74 Å². The molecule has 8 heteroatoms. The third kappa shape index (κ3) is 3.97. The average Bonchev–Trinajstić information content (AvgIpc) is 2.62. The van der Waals surface area contributed by atoms with Crippen molar-refractivity contribution >= 4 is 27.4 Å². The van der Waals surface area contributed by atoms with Crippen molar-refractivity contribution in [2.75, 3.05) is 35.9 Å². The lowest BCUT2D eigenvalue weighted by molar-refractivity contribution is 0.0697. The fourth-order valence-electron chi connectivity index (χ4n) is 2.82. The Morgan fingerprint density at radius 3 is 2.54 bits per heavy atom. The maximum absolute atomic E-state index is 12.8. The van der Waals surface area contributed by atoms with Crippen LogP contribution >= 0.6 is 0 Å². The number of morpholine rings is 1. The molecule has 2 aromatic carbocycles. The highest BCUT2D eigenvalue weighted by molar-refractivity contribution is 7.92. The molecule has 0 saturated carbocycles. The Morgan fingerprint density at radius 2 is 1.88 bits per heavy atom. The summed E-state index contributed by atoms with van der Waals surface area (Å²) in [6, 6.07) is 11.0. The van der Waals surface area contributed by atoms with Crippen LogP contribution in [-0.4, -0.2) is 45.8 Å². The maximum Gasteiger partial charge on any atom is 0.335 e.